The number of hydrogen-bond acceptors (Lipinski definition) is 6. The van der Waals surface area contributed by atoms with Crippen molar-refractivity contribution >= 4 is 28.7 Å². The van der Waals surface area contributed by atoms with Crippen LogP contribution in [0.3, 0.4) is 0 Å². The Balaban J connectivity index is 1.95. The molecule has 1 aliphatic rings. The summed E-state index contributed by atoms with van der Waals surface area (Å²) in [4.78, 5) is 14.9. The lowest BCUT2D eigenvalue weighted by molar-refractivity contribution is -0.383. The van der Waals surface area contributed by atoms with Crippen LogP contribution in [0.2, 0.25) is 5.02 Å². The van der Waals surface area contributed by atoms with E-state index in [-0.39, 0.29) is 11.4 Å². The van der Waals surface area contributed by atoms with E-state index in [1.54, 1.807) is 0 Å². The van der Waals surface area contributed by atoms with Crippen molar-refractivity contribution in [2.45, 2.75) is 0 Å². The summed E-state index contributed by atoms with van der Waals surface area (Å²) in [5.74, 6) is 0. The Hall–Kier alpha value is -1.57. The Morgan fingerprint density at radius 3 is 2.85 bits per heavy atom. The van der Waals surface area contributed by atoms with Crippen molar-refractivity contribution in [1.82, 2.24) is 9.80 Å². The Morgan fingerprint density at radius 2 is 2.25 bits per heavy atom. The van der Waals surface area contributed by atoms with Gasteiger partial charge in [0.05, 0.1) is 22.3 Å². The third kappa shape index (κ3) is 3.50. The minimum Gasteiger partial charge on any atom is -0.393 e. The minimum absolute atomic E-state index is 0.0757. The van der Waals surface area contributed by atoms with Crippen LogP contribution in [0.25, 0.3) is 0 Å². The summed E-state index contributed by atoms with van der Waals surface area (Å²) in [6, 6.07) is 2.79. The third-order valence-electron chi connectivity index (χ3n) is 3.30. The second-order valence-electron chi connectivity index (χ2n) is 4.91. The number of nitrogens with two attached hydrogens (primary N) is 1. The van der Waals surface area contributed by atoms with E-state index in [0.717, 1.165) is 26.3 Å². The number of anilines is 2. The van der Waals surface area contributed by atoms with Gasteiger partial charge in [-0.1, -0.05) is 11.6 Å². The average Bonchev–Trinajstić information content (AvgIpc) is 2.77. The predicted molar refractivity (Wildman–Crippen MR) is 80.1 cm³/mol. The minimum atomic E-state index is -0.508. The number of nitrogens with zero attached hydrogens (tertiary/aromatic N) is 3. The van der Waals surface area contributed by atoms with Gasteiger partial charge in [-0.3, -0.25) is 19.9 Å². The molecule has 1 saturated heterocycles. The van der Waals surface area contributed by atoms with E-state index in [1.165, 1.54) is 12.1 Å². The first-order chi connectivity index (χ1) is 9.47. The third-order valence-corrected chi connectivity index (χ3v) is 3.61. The van der Waals surface area contributed by atoms with Gasteiger partial charge in [0.2, 0.25) is 0 Å². The number of nitro benzene ring substituents is 1. The number of rotatable bonds is 5. The number of halogens is 1. The Kier molecular flexibility index (Phi) is 4.64. The van der Waals surface area contributed by atoms with Crippen LogP contribution >= 0.6 is 11.6 Å². The predicted octanol–water partition coefficient (Wildman–Crippen LogP) is 1.45. The highest BCUT2D eigenvalue weighted by Crippen LogP contribution is 2.32. The van der Waals surface area contributed by atoms with E-state index in [1.807, 2.05) is 0 Å². The first kappa shape index (κ1) is 14.8. The molecule has 0 atom stereocenters. The zero-order chi connectivity index (χ0) is 14.7. The first-order valence-corrected chi connectivity index (χ1v) is 6.73. The second kappa shape index (κ2) is 6.25. The van der Waals surface area contributed by atoms with Crippen LogP contribution in [0.15, 0.2) is 12.1 Å². The Labute approximate surface area is 122 Å². The van der Waals surface area contributed by atoms with Gasteiger partial charge in [-0.05, 0) is 13.1 Å². The van der Waals surface area contributed by atoms with Crippen molar-refractivity contribution in [1.29, 1.82) is 0 Å². The van der Waals surface area contributed by atoms with Gasteiger partial charge in [-0.15, -0.1) is 0 Å². The van der Waals surface area contributed by atoms with Gasteiger partial charge in [0.25, 0.3) is 5.69 Å². The molecule has 110 valence electrons. The largest absolute Gasteiger partial charge is 0.393 e. The van der Waals surface area contributed by atoms with Gasteiger partial charge in [-0.25, -0.2) is 0 Å². The van der Waals surface area contributed by atoms with Crippen LogP contribution in [0, 0.1) is 10.1 Å². The van der Waals surface area contributed by atoms with E-state index in [2.05, 4.69) is 22.2 Å². The number of nitrogen functional groups attached to an aromatic ring is 1. The fraction of sp³-hybridized carbons (Fsp3) is 0.500. The molecule has 0 bridgehead atoms. The molecule has 0 amide bonds. The molecule has 0 spiro atoms. The molecule has 0 aromatic heterocycles. The van der Waals surface area contributed by atoms with Crippen molar-refractivity contribution in [3.05, 3.63) is 27.3 Å². The summed E-state index contributed by atoms with van der Waals surface area (Å²) in [5.41, 5.74) is 6.06. The van der Waals surface area contributed by atoms with Crippen LogP contribution in [0.1, 0.15) is 0 Å². The fourth-order valence-corrected chi connectivity index (χ4v) is 2.44. The van der Waals surface area contributed by atoms with E-state index >= 15 is 0 Å². The lowest BCUT2D eigenvalue weighted by atomic mass is 10.2. The molecule has 0 aliphatic carbocycles. The maximum Gasteiger partial charge on any atom is 0.294 e. The molecule has 0 unspecified atom stereocenters. The molecule has 0 saturated carbocycles. The number of likely N-dealkylation sites (N-methyl/N-ethyl adjacent to an activating group) is 1. The fourth-order valence-electron chi connectivity index (χ4n) is 2.20. The molecular weight excluding hydrogens is 282 g/mol. The molecule has 1 aromatic rings. The highest BCUT2D eigenvalue weighted by atomic mass is 35.5. The van der Waals surface area contributed by atoms with E-state index in [4.69, 9.17) is 17.3 Å². The first-order valence-electron chi connectivity index (χ1n) is 6.35. The standard InChI is InChI=1S/C12H18ClN5O2/c1-16-4-5-17(8-16)3-2-15-11-7-12(18(19)20)10(14)6-9(11)13/h6-7,15H,2-5,8,14H2,1H3. The molecule has 0 radical (unpaired) electrons. The van der Waals surface area contributed by atoms with Crippen molar-refractivity contribution in [3.8, 4) is 0 Å². The van der Waals surface area contributed by atoms with Crippen molar-refractivity contribution in [2.24, 2.45) is 0 Å². The van der Waals surface area contributed by atoms with Gasteiger partial charge >= 0.3 is 0 Å². The van der Waals surface area contributed by atoms with Crippen LogP contribution in [-0.2, 0) is 0 Å². The molecule has 1 heterocycles. The van der Waals surface area contributed by atoms with E-state index in [0.29, 0.717) is 17.3 Å². The molecule has 1 aliphatic heterocycles. The number of nitro groups is 1. The average molecular weight is 300 g/mol. The smallest absolute Gasteiger partial charge is 0.294 e. The lowest BCUT2D eigenvalue weighted by Gasteiger charge is -2.16. The summed E-state index contributed by atoms with van der Waals surface area (Å²) in [7, 11) is 2.08. The van der Waals surface area contributed by atoms with Crippen molar-refractivity contribution < 1.29 is 4.92 Å². The van der Waals surface area contributed by atoms with Gasteiger partial charge in [0.15, 0.2) is 0 Å². The van der Waals surface area contributed by atoms with Crippen molar-refractivity contribution in [2.75, 3.05) is 50.9 Å². The Bertz CT molecular complexity index is 511. The molecule has 7 nitrogen and oxygen atoms in total. The molecule has 8 heteroatoms. The second-order valence-corrected chi connectivity index (χ2v) is 5.32. The zero-order valence-electron chi connectivity index (χ0n) is 11.3. The van der Waals surface area contributed by atoms with Gasteiger partial charge in [0, 0.05) is 32.2 Å². The van der Waals surface area contributed by atoms with Crippen LogP contribution < -0.4 is 11.1 Å². The molecule has 2 rings (SSSR count). The monoisotopic (exact) mass is 299 g/mol. The maximum absolute atomic E-state index is 10.8. The summed E-state index contributed by atoms with van der Waals surface area (Å²) >= 11 is 6.04. The Morgan fingerprint density at radius 1 is 1.50 bits per heavy atom. The van der Waals surface area contributed by atoms with Gasteiger partial charge < -0.3 is 11.1 Å². The number of hydrogen-bond donors (Lipinski definition) is 2. The molecular formula is C12H18ClN5O2. The molecule has 1 aromatic carbocycles. The van der Waals surface area contributed by atoms with Gasteiger partial charge in [-0.2, -0.15) is 0 Å². The molecule has 20 heavy (non-hydrogen) atoms. The normalized spacial score (nSPS) is 16.5. The maximum atomic E-state index is 10.8. The summed E-state index contributed by atoms with van der Waals surface area (Å²) in [6.45, 7) is 4.58. The summed E-state index contributed by atoms with van der Waals surface area (Å²) in [6.07, 6.45) is 0. The van der Waals surface area contributed by atoms with Crippen LogP contribution in [0.4, 0.5) is 17.1 Å². The number of nitrogens with one attached hydrogen (secondary N) is 1. The summed E-state index contributed by atoms with van der Waals surface area (Å²) < 4.78 is 0. The van der Waals surface area contributed by atoms with Crippen LogP contribution in [-0.4, -0.2) is 54.6 Å². The highest BCUT2D eigenvalue weighted by Gasteiger charge is 2.17. The van der Waals surface area contributed by atoms with Crippen LogP contribution in [0.5, 0.6) is 0 Å². The highest BCUT2D eigenvalue weighted by molar-refractivity contribution is 6.33. The zero-order valence-corrected chi connectivity index (χ0v) is 12.1. The van der Waals surface area contributed by atoms with Gasteiger partial charge in [0.1, 0.15) is 5.69 Å². The number of benzene rings is 1. The van der Waals surface area contributed by atoms with Crippen molar-refractivity contribution in [3.63, 3.8) is 0 Å². The lowest BCUT2D eigenvalue weighted by Crippen LogP contribution is -2.28. The molecule has 3 N–H and O–H groups in total. The van der Waals surface area contributed by atoms with E-state index < -0.39 is 4.92 Å². The molecule has 1 fully saturated rings. The quantitative estimate of drug-likeness (QED) is 0.486. The van der Waals surface area contributed by atoms with E-state index in [9.17, 15) is 10.1 Å². The summed E-state index contributed by atoms with van der Waals surface area (Å²) in [5, 5.41) is 14.4. The SMILES string of the molecule is CN1CCN(CCNc2cc([N+](=O)[O-])c(N)cc2Cl)C1. The topological polar surface area (TPSA) is 87.7 Å².